The highest BCUT2D eigenvalue weighted by molar-refractivity contribution is 7.98. The van der Waals surface area contributed by atoms with Crippen molar-refractivity contribution in [2.75, 3.05) is 13.7 Å². The van der Waals surface area contributed by atoms with Gasteiger partial charge in [0, 0.05) is 34.9 Å². The zero-order valence-electron chi connectivity index (χ0n) is 16.9. The molecular weight excluding hydrogens is 378 g/mol. The number of thioether (sulfide) groups is 1. The number of nitrogens with zero attached hydrogens (tertiary/aromatic N) is 1. The predicted octanol–water partition coefficient (Wildman–Crippen LogP) is 5.49. The predicted molar refractivity (Wildman–Crippen MR) is 119 cm³/mol. The van der Waals surface area contributed by atoms with Gasteiger partial charge in [-0.25, -0.2) is 0 Å². The summed E-state index contributed by atoms with van der Waals surface area (Å²) >= 11 is 1.75. The Bertz CT molecular complexity index is 1010. The summed E-state index contributed by atoms with van der Waals surface area (Å²) in [5.74, 6) is 1.67. The third-order valence-electron chi connectivity index (χ3n) is 5.36. The maximum Gasteiger partial charge on any atom is 0.254 e. The van der Waals surface area contributed by atoms with Gasteiger partial charge in [-0.15, -0.1) is 11.8 Å². The topological polar surface area (TPSA) is 29.5 Å². The van der Waals surface area contributed by atoms with Crippen molar-refractivity contribution in [1.82, 2.24) is 4.90 Å². The molecule has 1 aliphatic rings. The van der Waals surface area contributed by atoms with Crippen molar-refractivity contribution >= 4 is 17.7 Å². The Morgan fingerprint density at radius 2 is 1.79 bits per heavy atom. The van der Waals surface area contributed by atoms with E-state index >= 15 is 0 Å². The molecule has 0 spiro atoms. The van der Waals surface area contributed by atoms with E-state index in [1.807, 2.05) is 29.2 Å². The van der Waals surface area contributed by atoms with E-state index in [2.05, 4.69) is 49.4 Å². The number of amides is 1. The first kappa shape index (κ1) is 19.6. The third-order valence-corrected chi connectivity index (χ3v) is 6.42. The fourth-order valence-corrected chi connectivity index (χ4v) is 4.55. The molecule has 0 atom stereocenters. The van der Waals surface area contributed by atoms with Crippen LogP contribution in [0.15, 0.2) is 71.6 Å². The molecule has 0 saturated heterocycles. The highest BCUT2D eigenvalue weighted by Gasteiger charge is 2.22. The number of benzene rings is 3. The molecule has 0 aromatic heterocycles. The molecule has 4 rings (SSSR count). The molecule has 3 aromatic rings. The van der Waals surface area contributed by atoms with Crippen LogP contribution < -0.4 is 4.74 Å². The van der Waals surface area contributed by atoms with Gasteiger partial charge in [-0.1, -0.05) is 42.0 Å². The molecule has 4 heteroatoms. The highest BCUT2D eigenvalue weighted by Crippen LogP contribution is 2.30. The van der Waals surface area contributed by atoms with Crippen LogP contribution in [0.25, 0.3) is 0 Å². The van der Waals surface area contributed by atoms with Crippen LogP contribution in [-0.2, 0) is 18.7 Å². The Labute approximate surface area is 176 Å². The van der Waals surface area contributed by atoms with Crippen molar-refractivity contribution in [2.45, 2.75) is 30.5 Å². The van der Waals surface area contributed by atoms with Gasteiger partial charge >= 0.3 is 0 Å². The van der Waals surface area contributed by atoms with Crippen LogP contribution in [0.4, 0.5) is 0 Å². The van der Waals surface area contributed by atoms with Gasteiger partial charge in [0.05, 0.1) is 7.11 Å². The molecule has 0 saturated carbocycles. The maximum absolute atomic E-state index is 13.2. The molecule has 0 aliphatic carbocycles. The number of carbonyl (C=O) groups excluding carboxylic acids is 1. The van der Waals surface area contributed by atoms with E-state index in [-0.39, 0.29) is 5.91 Å². The quantitative estimate of drug-likeness (QED) is 0.527. The summed E-state index contributed by atoms with van der Waals surface area (Å²) in [6, 6.07) is 22.7. The van der Waals surface area contributed by atoms with Gasteiger partial charge in [-0.05, 0) is 54.8 Å². The lowest BCUT2D eigenvalue weighted by Crippen LogP contribution is -2.35. The normalized spacial score (nSPS) is 13.1. The second-order valence-corrected chi connectivity index (χ2v) is 8.42. The minimum atomic E-state index is 0.0868. The van der Waals surface area contributed by atoms with Gasteiger partial charge in [-0.3, -0.25) is 4.79 Å². The molecule has 0 bridgehead atoms. The van der Waals surface area contributed by atoms with Crippen molar-refractivity contribution in [3.8, 4) is 5.75 Å². The number of hydrogen-bond donors (Lipinski definition) is 0. The first-order chi connectivity index (χ1) is 14.1. The Kier molecular flexibility index (Phi) is 5.91. The largest absolute Gasteiger partial charge is 0.496 e. The van der Waals surface area contributed by atoms with Crippen LogP contribution in [0.5, 0.6) is 5.75 Å². The molecule has 148 valence electrons. The fourth-order valence-electron chi connectivity index (χ4n) is 3.67. The molecular formula is C25H25NO2S. The summed E-state index contributed by atoms with van der Waals surface area (Å²) in [6.07, 6.45) is 0.911. The zero-order valence-corrected chi connectivity index (χ0v) is 17.7. The number of fused-ring (bicyclic) bond motifs is 1. The molecule has 0 fully saturated rings. The highest BCUT2D eigenvalue weighted by atomic mass is 32.2. The Balaban J connectivity index is 1.51. The number of methoxy groups -OCH3 is 1. The monoisotopic (exact) mass is 403 g/mol. The lowest BCUT2D eigenvalue weighted by atomic mass is 9.99. The van der Waals surface area contributed by atoms with E-state index < -0.39 is 0 Å². The van der Waals surface area contributed by atoms with Gasteiger partial charge in [0.15, 0.2) is 0 Å². The van der Waals surface area contributed by atoms with Crippen molar-refractivity contribution < 1.29 is 9.53 Å². The van der Waals surface area contributed by atoms with Crippen molar-refractivity contribution in [2.24, 2.45) is 0 Å². The molecule has 3 nitrogen and oxygen atoms in total. The van der Waals surface area contributed by atoms with Gasteiger partial charge in [0.1, 0.15) is 5.75 Å². The first-order valence-corrected chi connectivity index (χ1v) is 10.8. The van der Waals surface area contributed by atoms with Gasteiger partial charge in [-0.2, -0.15) is 0 Å². The van der Waals surface area contributed by atoms with E-state index in [9.17, 15) is 4.79 Å². The lowest BCUT2D eigenvalue weighted by molar-refractivity contribution is 0.0734. The summed E-state index contributed by atoms with van der Waals surface area (Å²) in [5, 5.41) is 0. The Hall–Kier alpha value is -2.72. The smallest absolute Gasteiger partial charge is 0.254 e. The number of carbonyl (C=O) groups is 1. The summed E-state index contributed by atoms with van der Waals surface area (Å²) in [4.78, 5) is 16.3. The van der Waals surface area contributed by atoms with Gasteiger partial charge in [0.25, 0.3) is 5.91 Å². The number of ether oxygens (including phenoxy) is 1. The SMILES string of the molecule is COc1ccc(C(=O)N2CCc3ccccc3C2)cc1CSc1ccc(C)cc1. The zero-order chi connectivity index (χ0) is 20.2. The van der Waals surface area contributed by atoms with Crippen LogP contribution in [0.2, 0.25) is 0 Å². The number of hydrogen-bond acceptors (Lipinski definition) is 3. The van der Waals surface area contributed by atoms with Crippen molar-refractivity contribution in [3.05, 3.63) is 94.5 Å². The van der Waals surface area contributed by atoms with Crippen LogP contribution in [0.3, 0.4) is 0 Å². The number of rotatable bonds is 5. The van der Waals surface area contributed by atoms with E-state index in [0.717, 1.165) is 35.6 Å². The van der Waals surface area contributed by atoms with E-state index in [4.69, 9.17) is 4.74 Å². The fraction of sp³-hybridized carbons (Fsp3) is 0.240. The summed E-state index contributed by atoms with van der Waals surface area (Å²) in [5.41, 5.74) is 5.62. The molecule has 3 aromatic carbocycles. The Morgan fingerprint density at radius 1 is 1.03 bits per heavy atom. The molecule has 1 amide bonds. The molecule has 1 heterocycles. The second-order valence-electron chi connectivity index (χ2n) is 7.37. The second kappa shape index (κ2) is 8.75. The van der Waals surface area contributed by atoms with E-state index in [1.54, 1.807) is 18.9 Å². The van der Waals surface area contributed by atoms with Gasteiger partial charge in [0.2, 0.25) is 0 Å². The van der Waals surface area contributed by atoms with Crippen molar-refractivity contribution in [3.63, 3.8) is 0 Å². The van der Waals surface area contributed by atoms with E-state index in [0.29, 0.717) is 6.54 Å². The van der Waals surface area contributed by atoms with Crippen LogP contribution in [0.1, 0.15) is 32.6 Å². The number of aryl methyl sites for hydroxylation is 1. The molecule has 0 N–H and O–H groups in total. The van der Waals surface area contributed by atoms with Crippen LogP contribution in [-0.4, -0.2) is 24.5 Å². The van der Waals surface area contributed by atoms with Crippen LogP contribution >= 0.6 is 11.8 Å². The molecule has 0 unspecified atom stereocenters. The summed E-state index contributed by atoms with van der Waals surface area (Å²) < 4.78 is 5.54. The Morgan fingerprint density at radius 3 is 2.55 bits per heavy atom. The van der Waals surface area contributed by atoms with Crippen molar-refractivity contribution in [1.29, 1.82) is 0 Å². The minimum Gasteiger partial charge on any atom is -0.496 e. The summed E-state index contributed by atoms with van der Waals surface area (Å²) in [7, 11) is 1.68. The van der Waals surface area contributed by atoms with Gasteiger partial charge < -0.3 is 9.64 Å². The average Bonchev–Trinajstić information content (AvgIpc) is 2.77. The third kappa shape index (κ3) is 4.48. The lowest BCUT2D eigenvalue weighted by Gasteiger charge is -2.29. The van der Waals surface area contributed by atoms with Crippen LogP contribution in [0, 0.1) is 6.92 Å². The summed E-state index contributed by atoms with van der Waals surface area (Å²) in [6.45, 7) is 3.52. The standard InChI is InChI=1S/C25H25NO2S/c1-18-7-10-23(11-8-18)29-17-22-15-20(9-12-24(22)28-2)25(27)26-14-13-19-5-3-4-6-21(19)16-26/h3-12,15H,13-14,16-17H2,1-2H3. The maximum atomic E-state index is 13.2. The molecule has 0 radical (unpaired) electrons. The first-order valence-electron chi connectivity index (χ1n) is 9.86. The molecule has 1 aliphatic heterocycles. The molecule has 29 heavy (non-hydrogen) atoms. The average molecular weight is 404 g/mol. The van der Waals surface area contributed by atoms with E-state index in [1.165, 1.54) is 21.6 Å². The minimum absolute atomic E-state index is 0.0868.